The zero-order valence-corrected chi connectivity index (χ0v) is 12.0. The molecule has 0 bridgehead atoms. The van der Waals surface area contributed by atoms with E-state index in [-0.39, 0.29) is 5.60 Å². The molecule has 0 aromatic carbocycles. The number of nitrogens with one attached hydrogen (secondary N) is 1. The van der Waals surface area contributed by atoms with Crippen LogP contribution in [0.15, 0.2) is 0 Å². The quantitative estimate of drug-likeness (QED) is 0.844. The monoisotopic (exact) mass is 269 g/mol. The van der Waals surface area contributed by atoms with Gasteiger partial charge in [0.2, 0.25) is 0 Å². The number of hydrogen-bond donors (Lipinski definition) is 1. The first-order chi connectivity index (χ1) is 9.33. The molecule has 0 aromatic rings. The highest BCUT2D eigenvalue weighted by Crippen LogP contribution is 2.39. The molecule has 3 aliphatic rings. The summed E-state index contributed by atoms with van der Waals surface area (Å²) in [4.78, 5) is 0. The minimum Gasteiger partial charge on any atom is -0.381 e. The summed E-state index contributed by atoms with van der Waals surface area (Å²) in [5.41, 5.74) is 0.0214. The Morgan fingerprint density at radius 3 is 2.74 bits per heavy atom. The summed E-state index contributed by atoms with van der Waals surface area (Å²) < 4.78 is 17.3. The van der Waals surface area contributed by atoms with E-state index in [0.717, 1.165) is 45.9 Å². The second-order valence-corrected chi connectivity index (χ2v) is 6.38. The number of hydrogen-bond acceptors (Lipinski definition) is 4. The molecule has 110 valence electrons. The second-order valence-electron chi connectivity index (χ2n) is 6.38. The van der Waals surface area contributed by atoms with Crippen LogP contribution in [0.25, 0.3) is 0 Å². The third-order valence-corrected chi connectivity index (χ3v) is 5.14. The van der Waals surface area contributed by atoms with Gasteiger partial charge in [-0.15, -0.1) is 0 Å². The van der Waals surface area contributed by atoms with E-state index in [2.05, 4.69) is 12.4 Å². The zero-order chi connectivity index (χ0) is 13.1. The van der Waals surface area contributed by atoms with E-state index in [1.807, 2.05) is 0 Å². The molecule has 3 saturated heterocycles. The van der Waals surface area contributed by atoms with Gasteiger partial charge < -0.3 is 19.5 Å². The van der Waals surface area contributed by atoms with Gasteiger partial charge in [0.1, 0.15) is 0 Å². The van der Waals surface area contributed by atoms with E-state index in [9.17, 15) is 0 Å². The van der Waals surface area contributed by atoms with E-state index >= 15 is 0 Å². The van der Waals surface area contributed by atoms with Gasteiger partial charge in [-0.1, -0.05) is 0 Å². The van der Waals surface area contributed by atoms with E-state index in [4.69, 9.17) is 14.2 Å². The van der Waals surface area contributed by atoms with Crippen LogP contribution in [0.2, 0.25) is 0 Å². The third kappa shape index (κ3) is 2.97. The summed E-state index contributed by atoms with van der Waals surface area (Å²) in [7, 11) is 2.10. The lowest BCUT2D eigenvalue weighted by atomic mass is 9.76. The Kier molecular flexibility index (Phi) is 4.42. The van der Waals surface area contributed by atoms with Crippen LogP contribution in [-0.4, -0.2) is 51.7 Å². The van der Waals surface area contributed by atoms with Crippen LogP contribution >= 0.6 is 0 Å². The van der Waals surface area contributed by atoms with Gasteiger partial charge in [-0.25, -0.2) is 0 Å². The van der Waals surface area contributed by atoms with Crippen molar-refractivity contribution in [3.05, 3.63) is 0 Å². The molecule has 19 heavy (non-hydrogen) atoms. The maximum atomic E-state index is 6.05. The minimum atomic E-state index is 0.0214. The fourth-order valence-corrected chi connectivity index (χ4v) is 4.14. The molecule has 3 rings (SSSR count). The van der Waals surface area contributed by atoms with E-state index < -0.39 is 0 Å². The Labute approximate surface area is 116 Å². The third-order valence-electron chi connectivity index (χ3n) is 5.14. The average Bonchev–Trinajstić information content (AvgIpc) is 2.89. The molecule has 3 heterocycles. The van der Waals surface area contributed by atoms with Gasteiger partial charge in [0.15, 0.2) is 0 Å². The molecule has 4 heteroatoms. The first-order valence-corrected chi connectivity index (χ1v) is 7.80. The van der Waals surface area contributed by atoms with Crippen molar-refractivity contribution in [3.63, 3.8) is 0 Å². The average molecular weight is 269 g/mol. The van der Waals surface area contributed by atoms with Crippen molar-refractivity contribution < 1.29 is 14.2 Å². The van der Waals surface area contributed by atoms with Crippen molar-refractivity contribution in [2.24, 2.45) is 11.8 Å². The Bertz CT molecular complexity index is 285. The topological polar surface area (TPSA) is 39.7 Å². The summed E-state index contributed by atoms with van der Waals surface area (Å²) >= 11 is 0. The molecule has 4 atom stereocenters. The van der Waals surface area contributed by atoms with Gasteiger partial charge in [-0.05, 0) is 44.6 Å². The van der Waals surface area contributed by atoms with Crippen LogP contribution in [-0.2, 0) is 14.2 Å². The Morgan fingerprint density at radius 1 is 1.11 bits per heavy atom. The SMILES string of the molecule is CNC(C1CCCOC1)C1CCOC2(CCOC2)C1. The molecule has 1 N–H and O–H groups in total. The van der Waals surface area contributed by atoms with Crippen molar-refractivity contribution in [2.45, 2.75) is 43.7 Å². The van der Waals surface area contributed by atoms with Crippen molar-refractivity contribution in [1.29, 1.82) is 0 Å². The maximum absolute atomic E-state index is 6.05. The van der Waals surface area contributed by atoms with Crippen LogP contribution in [0, 0.1) is 11.8 Å². The van der Waals surface area contributed by atoms with Crippen LogP contribution in [0.3, 0.4) is 0 Å². The molecule has 0 radical (unpaired) electrons. The summed E-state index contributed by atoms with van der Waals surface area (Å²) in [6.07, 6.45) is 5.90. The van der Waals surface area contributed by atoms with Crippen LogP contribution in [0.1, 0.15) is 32.1 Å². The Morgan fingerprint density at radius 2 is 2.05 bits per heavy atom. The lowest BCUT2D eigenvalue weighted by Crippen LogP contribution is -2.50. The van der Waals surface area contributed by atoms with Gasteiger partial charge in [0.25, 0.3) is 0 Å². The smallest absolute Gasteiger partial charge is 0.0939 e. The number of ether oxygens (including phenoxy) is 3. The summed E-state index contributed by atoms with van der Waals surface area (Å²) in [5, 5.41) is 3.57. The van der Waals surface area contributed by atoms with Crippen LogP contribution in [0.4, 0.5) is 0 Å². The molecular formula is C15H27NO3. The van der Waals surface area contributed by atoms with Crippen molar-refractivity contribution in [2.75, 3.05) is 40.1 Å². The molecule has 0 aliphatic carbocycles. The summed E-state index contributed by atoms with van der Waals surface area (Å²) in [6.45, 7) is 4.41. The van der Waals surface area contributed by atoms with E-state index in [0.29, 0.717) is 17.9 Å². The van der Waals surface area contributed by atoms with Gasteiger partial charge in [-0.2, -0.15) is 0 Å². The van der Waals surface area contributed by atoms with Crippen molar-refractivity contribution in [3.8, 4) is 0 Å². The summed E-state index contributed by atoms with van der Waals surface area (Å²) in [6, 6.07) is 0.571. The predicted molar refractivity (Wildman–Crippen MR) is 73.2 cm³/mol. The van der Waals surface area contributed by atoms with Gasteiger partial charge in [0.05, 0.1) is 18.8 Å². The highest BCUT2D eigenvalue weighted by molar-refractivity contribution is 4.95. The lowest BCUT2D eigenvalue weighted by Gasteiger charge is -2.43. The highest BCUT2D eigenvalue weighted by atomic mass is 16.6. The van der Waals surface area contributed by atoms with Crippen LogP contribution < -0.4 is 5.32 Å². The first-order valence-electron chi connectivity index (χ1n) is 7.80. The molecule has 3 fully saturated rings. The second kappa shape index (κ2) is 6.08. The number of rotatable bonds is 3. The fourth-order valence-electron chi connectivity index (χ4n) is 4.14. The molecule has 4 unspecified atom stereocenters. The molecule has 0 aromatic heterocycles. The van der Waals surface area contributed by atoms with Gasteiger partial charge in [0, 0.05) is 32.3 Å². The normalized spacial score (nSPS) is 41.5. The minimum absolute atomic E-state index is 0.0214. The molecule has 4 nitrogen and oxygen atoms in total. The molecule has 0 saturated carbocycles. The van der Waals surface area contributed by atoms with Gasteiger partial charge in [-0.3, -0.25) is 0 Å². The van der Waals surface area contributed by atoms with E-state index in [1.165, 1.54) is 19.3 Å². The van der Waals surface area contributed by atoms with Crippen LogP contribution in [0.5, 0.6) is 0 Å². The fraction of sp³-hybridized carbons (Fsp3) is 1.00. The highest BCUT2D eigenvalue weighted by Gasteiger charge is 2.44. The first kappa shape index (κ1) is 13.8. The van der Waals surface area contributed by atoms with E-state index in [1.54, 1.807) is 0 Å². The summed E-state index contributed by atoms with van der Waals surface area (Å²) in [5.74, 6) is 1.37. The molecule has 1 spiro atoms. The predicted octanol–water partition coefficient (Wildman–Crippen LogP) is 1.59. The zero-order valence-electron chi connectivity index (χ0n) is 12.0. The molecular weight excluding hydrogens is 242 g/mol. The lowest BCUT2D eigenvalue weighted by molar-refractivity contribution is -0.109. The largest absolute Gasteiger partial charge is 0.381 e. The Balaban J connectivity index is 1.64. The Hall–Kier alpha value is -0.160. The maximum Gasteiger partial charge on any atom is 0.0939 e. The van der Waals surface area contributed by atoms with Gasteiger partial charge >= 0.3 is 0 Å². The standard InChI is InChI=1S/C15H27NO3/c1-16-14(13-3-2-6-17-10-13)12-4-7-19-15(9-12)5-8-18-11-15/h12-14,16H,2-11H2,1H3. The van der Waals surface area contributed by atoms with Crippen molar-refractivity contribution >= 4 is 0 Å². The van der Waals surface area contributed by atoms with Crippen molar-refractivity contribution in [1.82, 2.24) is 5.32 Å². The molecule has 0 amide bonds. The molecule has 3 aliphatic heterocycles.